The number of amides is 1. The molecule has 1 aromatic rings. The van der Waals surface area contributed by atoms with Crippen molar-refractivity contribution < 1.29 is 9.18 Å². The molecule has 0 aliphatic heterocycles. The smallest absolute Gasteiger partial charge is 0.254 e. The molecule has 1 aromatic carbocycles. The fourth-order valence-corrected chi connectivity index (χ4v) is 1.57. The first-order valence-electron chi connectivity index (χ1n) is 5.09. The third-order valence-electron chi connectivity index (χ3n) is 2.01. The van der Waals surface area contributed by atoms with E-state index in [0.29, 0.717) is 17.6 Å². The van der Waals surface area contributed by atoms with Gasteiger partial charge in [-0.1, -0.05) is 22.9 Å². The number of nitrogens with one attached hydrogen (secondary N) is 2. The zero-order valence-electron chi connectivity index (χ0n) is 9.43. The van der Waals surface area contributed by atoms with Crippen LogP contribution in [0.2, 0.25) is 0 Å². The molecule has 3 nitrogen and oxygen atoms in total. The van der Waals surface area contributed by atoms with E-state index in [9.17, 15) is 9.18 Å². The van der Waals surface area contributed by atoms with E-state index in [2.05, 4.69) is 26.6 Å². The molecule has 0 bridgehead atoms. The molecule has 6 heteroatoms. The first kappa shape index (κ1) is 16.4. The van der Waals surface area contributed by atoms with Gasteiger partial charge >= 0.3 is 0 Å². The molecule has 0 saturated carbocycles. The van der Waals surface area contributed by atoms with Crippen LogP contribution >= 0.6 is 28.3 Å². The highest BCUT2D eigenvalue weighted by Gasteiger charge is 2.10. The number of benzene rings is 1. The van der Waals surface area contributed by atoms with Crippen molar-refractivity contribution >= 4 is 34.2 Å². The van der Waals surface area contributed by atoms with Crippen LogP contribution in [0.1, 0.15) is 17.3 Å². The maximum absolute atomic E-state index is 13.3. The number of halogens is 3. The van der Waals surface area contributed by atoms with E-state index in [4.69, 9.17) is 0 Å². The first-order valence-corrected chi connectivity index (χ1v) is 5.88. The van der Waals surface area contributed by atoms with Gasteiger partial charge in [-0.3, -0.25) is 4.79 Å². The number of carbonyl (C=O) groups is 1. The number of hydrogen-bond acceptors (Lipinski definition) is 2. The van der Waals surface area contributed by atoms with Gasteiger partial charge in [0.05, 0.1) is 5.56 Å². The quantitative estimate of drug-likeness (QED) is 0.816. The van der Waals surface area contributed by atoms with Crippen molar-refractivity contribution in [3.63, 3.8) is 0 Å². The molecule has 17 heavy (non-hydrogen) atoms. The maximum Gasteiger partial charge on any atom is 0.254 e. The number of carbonyl (C=O) groups excluding carboxylic acids is 1. The summed E-state index contributed by atoms with van der Waals surface area (Å²) in [6.07, 6.45) is 0. The molecule has 0 unspecified atom stereocenters. The van der Waals surface area contributed by atoms with Gasteiger partial charge in [-0.15, -0.1) is 12.4 Å². The van der Waals surface area contributed by atoms with Gasteiger partial charge in [0.2, 0.25) is 0 Å². The van der Waals surface area contributed by atoms with E-state index in [1.807, 2.05) is 6.92 Å². The van der Waals surface area contributed by atoms with Gasteiger partial charge in [-0.25, -0.2) is 4.39 Å². The summed E-state index contributed by atoms with van der Waals surface area (Å²) in [5.41, 5.74) is 0.0610. The minimum absolute atomic E-state index is 0. The average molecular weight is 326 g/mol. The molecule has 0 atom stereocenters. The lowest BCUT2D eigenvalue weighted by Gasteiger charge is -2.06. The fourth-order valence-electron chi connectivity index (χ4n) is 1.21. The molecular formula is C11H15BrClFN2O. The van der Waals surface area contributed by atoms with Crippen LogP contribution in [0.15, 0.2) is 22.7 Å². The predicted octanol–water partition coefficient (Wildman–Crippen LogP) is 2.35. The van der Waals surface area contributed by atoms with Crippen molar-refractivity contribution in [2.24, 2.45) is 0 Å². The minimum atomic E-state index is -0.510. The van der Waals surface area contributed by atoms with Crippen molar-refractivity contribution in [3.8, 4) is 0 Å². The van der Waals surface area contributed by atoms with Crippen LogP contribution < -0.4 is 10.6 Å². The number of likely N-dealkylation sites (N-methyl/N-ethyl adjacent to an activating group) is 1. The molecule has 0 aliphatic rings. The number of hydrogen-bond donors (Lipinski definition) is 2. The van der Waals surface area contributed by atoms with Crippen LogP contribution in [0.5, 0.6) is 0 Å². The second kappa shape index (κ2) is 8.44. The molecular weight excluding hydrogens is 310 g/mol. The van der Waals surface area contributed by atoms with Gasteiger partial charge < -0.3 is 10.6 Å². The Morgan fingerprint density at radius 1 is 1.41 bits per heavy atom. The molecule has 0 radical (unpaired) electrons. The van der Waals surface area contributed by atoms with E-state index < -0.39 is 11.7 Å². The van der Waals surface area contributed by atoms with Crippen molar-refractivity contribution in [2.45, 2.75) is 6.92 Å². The van der Waals surface area contributed by atoms with Gasteiger partial charge in [0.15, 0.2) is 0 Å². The molecule has 1 rings (SSSR count). The van der Waals surface area contributed by atoms with E-state index in [1.54, 1.807) is 6.07 Å². The molecule has 0 aromatic heterocycles. The van der Waals surface area contributed by atoms with E-state index in [-0.39, 0.29) is 18.0 Å². The Balaban J connectivity index is 0.00000256. The van der Waals surface area contributed by atoms with Crippen LogP contribution in [0, 0.1) is 5.82 Å². The van der Waals surface area contributed by atoms with Gasteiger partial charge in [0, 0.05) is 17.6 Å². The summed E-state index contributed by atoms with van der Waals surface area (Å²) in [5, 5.41) is 5.70. The van der Waals surface area contributed by atoms with E-state index in [1.165, 1.54) is 12.1 Å². The second-order valence-electron chi connectivity index (χ2n) is 3.23. The molecule has 2 N–H and O–H groups in total. The zero-order chi connectivity index (χ0) is 12.0. The molecule has 0 saturated heterocycles. The van der Waals surface area contributed by atoms with E-state index >= 15 is 0 Å². The molecule has 96 valence electrons. The minimum Gasteiger partial charge on any atom is -0.351 e. The van der Waals surface area contributed by atoms with Crippen molar-refractivity contribution in [1.82, 2.24) is 10.6 Å². The first-order chi connectivity index (χ1) is 7.65. The topological polar surface area (TPSA) is 41.1 Å². The number of rotatable bonds is 5. The summed E-state index contributed by atoms with van der Waals surface area (Å²) in [4.78, 5) is 11.6. The lowest BCUT2D eigenvalue weighted by Crippen LogP contribution is -2.32. The Hall–Kier alpha value is -0.650. The summed E-state index contributed by atoms with van der Waals surface area (Å²) in [6, 6.07) is 4.30. The lowest BCUT2D eigenvalue weighted by atomic mass is 10.2. The van der Waals surface area contributed by atoms with Crippen LogP contribution in [-0.2, 0) is 0 Å². The Morgan fingerprint density at radius 2 is 2.12 bits per heavy atom. The third kappa shape index (κ3) is 5.48. The van der Waals surface area contributed by atoms with Gasteiger partial charge in [0.1, 0.15) is 5.82 Å². The van der Waals surface area contributed by atoms with Gasteiger partial charge in [-0.2, -0.15) is 0 Å². The molecule has 1 amide bonds. The Labute approximate surface area is 115 Å². The zero-order valence-corrected chi connectivity index (χ0v) is 11.8. The van der Waals surface area contributed by atoms with Gasteiger partial charge in [-0.05, 0) is 24.7 Å². The summed E-state index contributed by atoms with van der Waals surface area (Å²) < 4.78 is 14.0. The van der Waals surface area contributed by atoms with Crippen molar-refractivity contribution in [1.29, 1.82) is 0 Å². The van der Waals surface area contributed by atoms with Crippen LogP contribution in [0.25, 0.3) is 0 Å². The molecule has 0 heterocycles. The largest absolute Gasteiger partial charge is 0.351 e. The summed E-state index contributed by atoms with van der Waals surface area (Å²) in [7, 11) is 0. The Bertz CT molecular complexity index is 376. The average Bonchev–Trinajstić information content (AvgIpc) is 2.27. The highest BCUT2D eigenvalue weighted by atomic mass is 79.9. The lowest BCUT2D eigenvalue weighted by molar-refractivity contribution is 0.0950. The summed E-state index contributed by atoms with van der Waals surface area (Å²) >= 11 is 3.20. The van der Waals surface area contributed by atoms with Crippen molar-refractivity contribution in [3.05, 3.63) is 34.1 Å². The summed E-state index contributed by atoms with van der Waals surface area (Å²) in [6.45, 7) is 3.99. The monoisotopic (exact) mass is 324 g/mol. The third-order valence-corrected chi connectivity index (χ3v) is 2.50. The SMILES string of the molecule is CCNCCNC(=O)c1cc(Br)ccc1F.Cl. The fraction of sp³-hybridized carbons (Fsp3) is 0.364. The molecule has 0 fully saturated rings. The Kier molecular flexibility index (Phi) is 8.12. The molecule has 0 spiro atoms. The highest BCUT2D eigenvalue weighted by molar-refractivity contribution is 9.10. The standard InChI is InChI=1S/C11H14BrFN2O.ClH/c1-2-14-5-6-15-11(16)9-7-8(12)3-4-10(9)13;/h3-4,7,14H,2,5-6H2,1H3,(H,15,16);1H. The van der Waals surface area contributed by atoms with Crippen LogP contribution in [0.4, 0.5) is 4.39 Å². The van der Waals surface area contributed by atoms with E-state index in [0.717, 1.165) is 6.54 Å². The Morgan fingerprint density at radius 3 is 2.76 bits per heavy atom. The predicted molar refractivity (Wildman–Crippen MR) is 72.2 cm³/mol. The van der Waals surface area contributed by atoms with Crippen LogP contribution in [-0.4, -0.2) is 25.5 Å². The maximum atomic E-state index is 13.3. The normalized spacial score (nSPS) is 9.59. The van der Waals surface area contributed by atoms with Gasteiger partial charge in [0.25, 0.3) is 5.91 Å². The second-order valence-corrected chi connectivity index (χ2v) is 4.15. The summed E-state index contributed by atoms with van der Waals surface area (Å²) in [5.74, 6) is -0.902. The van der Waals surface area contributed by atoms with Crippen LogP contribution in [0.3, 0.4) is 0 Å². The van der Waals surface area contributed by atoms with Crippen molar-refractivity contribution in [2.75, 3.05) is 19.6 Å². The molecule has 0 aliphatic carbocycles. The highest BCUT2D eigenvalue weighted by Crippen LogP contribution is 2.15.